The lowest BCUT2D eigenvalue weighted by molar-refractivity contribution is 0.779. The molecule has 0 radical (unpaired) electrons. The lowest BCUT2D eigenvalue weighted by Crippen LogP contribution is -1.83. The molecular formula is C8H21BF4N2. The molecule has 0 fully saturated rings. The third-order valence-electron chi connectivity index (χ3n) is 1.55. The Labute approximate surface area is 88.9 Å². The molecule has 0 aliphatic carbocycles. The molecule has 1 heterocycles. The molecule has 0 aliphatic rings. The normalized spacial score (nSPS) is 6.80. The minimum atomic E-state index is 0. The molecule has 94 valence electrons. The molecule has 0 amide bonds. The van der Waals surface area contributed by atoms with E-state index in [-0.39, 0.29) is 27.2 Å². The number of nitrogens with zero attached hydrogens (tertiary/aromatic N) is 1. The Bertz CT molecular complexity index is 208. The third kappa shape index (κ3) is 10.9. The van der Waals surface area contributed by atoms with Gasteiger partial charge >= 0.3 is 0 Å². The minimum Gasteiger partial charge on any atom is -0.349 e. The number of hydrogen-bond donors (Lipinski definition) is 1. The van der Waals surface area contributed by atoms with E-state index in [4.69, 9.17) is 0 Å². The van der Waals surface area contributed by atoms with E-state index in [0.717, 1.165) is 12.2 Å². The number of imidazole rings is 1. The van der Waals surface area contributed by atoms with Crippen LogP contribution in [0.2, 0.25) is 0 Å². The van der Waals surface area contributed by atoms with Crippen molar-refractivity contribution in [2.45, 2.75) is 33.1 Å². The molecule has 0 atom stereocenters. The van der Waals surface area contributed by atoms with Crippen molar-refractivity contribution in [1.82, 2.24) is 9.97 Å². The zero-order valence-corrected chi connectivity index (χ0v) is 8.28. The van der Waals surface area contributed by atoms with Gasteiger partial charge in [0.15, 0.2) is 0 Å². The summed E-state index contributed by atoms with van der Waals surface area (Å²) in [5.41, 5.74) is 1.19. The summed E-state index contributed by atoms with van der Waals surface area (Å²) in [5.74, 6) is 1.02. The minimum absolute atomic E-state index is 0. The van der Waals surface area contributed by atoms with Crippen molar-refractivity contribution < 1.29 is 18.8 Å². The number of aromatic amines is 1. The number of nitrogens with one attached hydrogen (secondary N) is 1. The van der Waals surface area contributed by atoms with E-state index in [2.05, 4.69) is 16.9 Å². The fraction of sp³-hybridized carbons (Fsp3) is 0.625. The van der Waals surface area contributed by atoms with Crippen molar-refractivity contribution in [2.24, 2.45) is 0 Å². The van der Waals surface area contributed by atoms with Crippen molar-refractivity contribution in [3.05, 3.63) is 17.7 Å². The van der Waals surface area contributed by atoms with Crippen LogP contribution in [0.25, 0.3) is 0 Å². The molecule has 1 N–H and O–H groups in total. The van der Waals surface area contributed by atoms with E-state index in [0.29, 0.717) is 0 Å². The number of aromatic nitrogens is 2. The summed E-state index contributed by atoms with van der Waals surface area (Å²) in [7, 11) is 0. The molecule has 0 saturated carbocycles. The number of hydrogen-bond acceptors (Lipinski definition) is 1. The Morgan fingerprint density at radius 2 is 1.73 bits per heavy atom. The summed E-state index contributed by atoms with van der Waals surface area (Å²) >= 11 is 0. The second kappa shape index (κ2) is 15.5. The van der Waals surface area contributed by atoms with E-state index in [1.54, 1.807) is 0 Å². The predicted molar refractivity (Wildman–Crippen MR) is 61.9 cm³/mol. The Hall–Kier alpha value is -1.01. The lowest BCUT2D eigenvalue weighted by atomic mass is 10.2. The zero-order valence-electron chi connectivity index (χ0n) is 8.28. The first-order valence-corrected chi connectivity index (χ1v) is 3.84. The third-order valence-corrected chi connectivity index (χ3v) is 1.55. The van der Waals surface area contributed by atoms with E-state index < -0.39 is 0 Å². The van der Waals surface area contributed by atoms with E-state index >= 15 is 0 Å². The van der Waals surface area contributed by atoms with Crippen molar-refractivity contribution >= 4 is 8.41 Å². The smallest absolute Gasteiger partial charge is 0.103 e. The SMILES string of the molecule is B.CCCCc1c[nH]c(C)n1.F.F.F.F. The average Bonchev–Trinajstić information content (AvgIpc) is 2.31. The number of aryl methyl sites for hydroxylation is 2. The lowest BCUT2D eigenvalue weighted by Gasteiger charge is -1.89. The Kier molecular flexibility index (Phi) is 30.1. The van der Waals surface area contributed by atoms with Gasteiger partial charge in [-0.3, -0.25) is 18.8 Å². The molecular weight excluding hydrogens is 211 g/mol. The van der Waals surface area contributed by atoms with Crippen LogP contribution in [-0.2, 0) is 6.42 Å². The van der Waals surface area contributed by atoms with Gasteiger partial charge in [-0.05, 0) is 19.8 Å². The van der Waals surface area contributed by atoms with Crippen LogP contribution < -0.4 is 0 Å². The van der Waals surface area contributed by atoms with Crippen molar-refractivity contribution in [3.63, 3.8) is 0 Å². The second-order valence-electron chi connectivity index (χ2n) is 2.58. The van der Waals surface area contributed by atoms with Crippen LogP contribution >= 0.6 is 0 Å². The fourth-order valence-corrected chi connectivity index (χ4v) is 0.954. The number of unbranched alkanes of at least 4 members (excludes halogenated alkanes) is 1. The molecule has 0 bridgehead atoms. The van der Waals surface area contributed by atoms with Gasteiger partial charge in [0, 0.05) is 6.20 Å². The van der Waals surface area contributed by atoms with Gasteiger partial charge in [-0.15, -0.1) is 0 Å². The van der Waals surface area contributed by atoms with Crippen LogP contribution in [0.5, 0.6) is 0 Å². The number of rotatable bonds is 3. The summed E-state index contributed by atoms with van der Waals surface area (Å²) in [6.07, 6.45) is 5.59. The molecule has 1 rings (SSSR count). The van der Waals surface area contributed by atoms with Gasteiger partial charge in [0.1, 0.15) is 5.82 Å². The number of H-pyrrole nitrogens is 1. The average molecular weight is 232 g/mol. The van der Waals surface area contributed by atoms with Gasteiger partial charge < -0.3 is 4.98 Å². The van der Waals surface area contributed by atoms with Gasteiger partial charge in [0.25, 0.3) is 0 Å². The highest BCUT2D eigenvalue weighted by Gasteiger charge is 1.94. The van der Waals surface area contributed by atoms with E-state index in [9.17, 15) is 0 Å². The van der Waals surface area contributed by atoms with Crippen LogP contribution in [0.3, 0.4) is 0 Å². The standard InChI is InChI=1S/C8H14N2.BH3.4FH/c1-3-4-5-8-6-9-7(2)10-8;;;;;/h6H,3-5H2,1-2H3,(H,9,10);1H3;4*1H. The Morgan fingerprint density at radius 3 is 2.07 bits per heavy atom. The monoisotopic (exact) mass is 232 g/mol. The maximum atomic E-state index is 4.29. The maximum Gasteiger partial charge on any atom is 0.103 e. The van der Waals surface area contributed by atoms with Gasteiger partial charge in [-0.25, -0.2) is 4.98 Å². The molecule has 0 aliphatic heterocycles. The Morgan fingerprint density at radius 1 is 1.20 bits per heavy atom. The van der Waals surface area contributed by atoms with Crippen LogP contribution in [0.1, 0.15) is 31.3 Å². The van der Waals surface area contributed by atoms with Crippen LogP contribution in [0.15, 0.2) is 6.20 Å². The van der Waals surface area contributed by atoms with E-state index in [1.807, 2.05) is 13.1 Å². The van der Waals surface area contributed by atoms with Crippen molar-refractivity contribution in [1.29, 1.82) is 0 Å². The topological polar surface area (TPSA) is 28.7 Å². The van der Waals surface area contributed by atoms with Gasteiger partial charge in [-0.1, -0.05) is 13.3 Å². The molecule has 0 unspecified atom stereocenters. The fourth-order valence-electron chi connectivity index (χ4n) is 0.954. The largest absolute Gasteiger partial charge is 0.349 e. The zero-order chi connectivity index (χ0) is 7.40. The molecule has 0 saturated heterocycles. The molecule has 2 nitrogen and oxygen atoms in total. The molecule has 7 heteroatoms. The van der Waals surface area contributed by atoms with Crippen LogP contribution in [-0.4, -0.2) is 18.4 Å². The van der Waals surface area contributed by atoms with Gasteiger partial charge in [0.2, 0.25) is 0 Å². The highest BCUT2D eigenvalue weighted by atomic mass is 19.0. The highest BCUT2D eigenvalue weighted by molar-refractivity contribution is 5.75. The molecule has 15 heavy (non-hydrogen) atoms. The first-order chi connectivity index (χ1) is 4.83. The Balaban J connectivity index is -0.0000000667. The summed E-state index contributed by atoms with van der Waals surface area (Å²) in [4.78, 5) is 7.36. The summed E-state index contributed by atoms with van der Waals surface area (Å²) in [5, 5.41) is 0. The predicted octanol–water partition coefficient (Wildman–Crippen LogP) is 1.49. The molecule has 1 aromatic rings. The first kappa shape index (κ1) is 29.2. The summed E-state index contributed by atoms with van der Waals surface area (Å²) in [6, 6.07) is 0. The van der Waals surface area contributed by atoms with Crippen LogP contribution in [0.4, 0.5) is 18.8 Å². The maximum absolute atomic E-state index is 4.29. The highest BCUT2D eigenvalue weighted by Crippen LogP contribution is 2.01. The molecule has 0 spiro atoms. The molecule has 0 aromatic carbocycles. The summed E-state index contributed by atoms with van der Waals surface area (Å²) in [6.45, 7) is 4.18. The quantitative estimate of drug-likeness (QED) is 0.620. The van der Waals surface area contributed by atoms with Crippen LogP contribution in [0, 0.1) is 6.92 Å². The second-order valence-corrected chi connectivity index (χ2v) is 2.58. The van der Waals surface area contributed by atoms with Crippen molar-refractivity contribution in [2.75, 3.05) is 0 Å². The molecule has 1 aromatic heterocycles. The number of halogens is 4. The van der Waals surface area contributed by atoms with Gasteiger partial charge in [-0.2, -0.15) is 0 Å². The van der Waals surface area contributed by atoms with E-state index in [1.165, 1.54) is 18.5 Å². The first-order valence-electron chi connectivity index (χ1n) is 3.84. The van der Waals surface area contributed by atoms with Gasteiger partial charge in [0.05, 0.1) is 14.1 Å². The van der Waals surface area contributed by atoms with Crippen molar-refractivity contribution in [3.8, 4) is 0 Å². The summed E-state index contributed by atoms with van der Waals surface area (Å²) < 4.78 is 0.